The number of hydrogen-bond donors (Lipinski definition) is 1. The number of fused-ring (bicyclic) bond motifs is 2. The molecule has 0 unspecified atom stereocenters. The van der Waals surface area contributed by atoms with Gasteiger partial charge in [-0.1, -0.05) is 30.3 Å². The first-order chi connectivity index (χ1) is 12.2. The fourth-order valence-corrected chi connectivity index (χ4v) is 2.89. The Balaban J connectivity index is 1.61. The van der Waals surface area contributed by atoms with Crippen LogP contribution in [-0.4, -0.2) is 39.8 Å². The molecule has 0 bridgehead atoms. The van der Waals surface area contributed by atoms with Crippen LogP contribution in [0.15, 0.2) is 42.7 Å². The highest BCUT2D eigenvalue weighted by Crippen LogP contribution is 2.29. The summed E-state index contributed by atoms with van der Waals surface area (Å²) in [6, 6.07) is 10.3. The van der Waals surface area contributed by atoms with Crippen LogP contribution in [0.1, 0.15) is 22.8 Å². The van der Waals surface area contributed by atoms with Crippen LogP contribution in [0.5, 0.6) is 5.75 Å². The Kier molecular flexibility index (Phi) is 3.97. The smallest absolute Gasteiger partial charge is 0.343 e. The minimum atomic E-state index is -0.428. The Morgan fingerprint density at radius 1 is 1.40 bits per heavy atom. The molecular weight excluding hydrogens is 320 g/mol. The monoisotopic (exact) mass is 338 g/mol. The minimum absolute atomic E-state index is 0.110. The number of benzene rings is 1. The van der Waals surface area contributed by atoms with E-state index in [0.717, 1.165) is 6.42 Å². The summed E-state index contributed by atoms with van der Waals surface area (Å²) in [5, 5.41) is 7.56. The van der Waals surface area contributed by atoms with Crippen molar-refractivity contribution in [3.05, 3.63) is 53.9 Å². The number of ether oxygens (including phenoxy) is 2. The van der Waals surface area contributed by atoms with Crippen molar-refractivity contribution >= 4 is 17.4 Å². The molecule has 1 atom stereocenters. The van der Waals surface area contributed by atoms with E-state index in [4.69, 9.17) is 9.47 Å². The third-order valence-corrected chi connectivity index (χ3v) is 4.06. The maximum absolute atomic E-state index is 12.0. The minimum Gasteiger partial charge on any atom is -0.486 e. The Bertz CT molecular complexity index is 907. The second kappa shape index (κ2) is 6.43. The van der Waals surface area contributed by atoms with Gasteiger partial charge in [-0.2, -0.15) is 5.10 Å². The zero-order valence-corrected chi connectivity index (χ0v) is 13.8. The topological polar surface area (TPSA) is 77.8 Å². The molecule has 1 aromatic carbocycles. The maximum Gasteiger partial charge on any atom is 0.343 e. The number of nitrogens with zero attached hydrogens (tertiary/aromatic N) is 3. The predicted molar refractivity (Wildman–Crippen MR) is 92.0 cm³/mol. The molecule has 1 N–H and O–H groups in total. The van der Waals surface area contributed by atoms with Crippen LogP contribution in [-0.2, 0) is 11.2 Å². The van der Waals surface area contributed by atoms with E-state index in [1.54, 1.807) is 13.1 Å². The summed E-state index contributed by atoms with van der Waals surface area (Å²) in [6.45, 7) is 2.62. The lowest BCUT2D eigenvalue weighted by Gasteiger charge is -2.26. The Morgan fingerprint density at radius 3 is 3.04 bits per heavy atom. The van der Waals surface area contributed by atoms with E-state index in [1.165, 1.54) is 16.3 Å². The molecule has 0 radical (unpaired) electrons. The van der Waals surface area contributed by atoms with E-state index in [-0.39, 0.29) is 6.04 Å². The molecule has 128 valence electrons. The van der Waals surface area contributed by atoms with Crippen LogP contribution in [0, 0.1) is 0 Å². The van der Waals surface area contributed by atoms with Crippen LogP contribution in [0.3, 0.4) is 0 Å². The molecule has 3 aromatic rings. The van der Waals surface area contributed by atoms with Gasteiger partial charge >= 0.3 is 5.97 Å². The lowest BCUT2D eigenvalue weighted by Crippen LogP contribution is -2.34. The van der Waals surface area contributed by atoms with Gasteiger partial charge in [-0.3, -0.25) is 0 Å². The van der Waals surface area contributed by atoms with Gasteiger partial charge in [-0.15, -0.1) is 0 Å². The van der Waals surface area contributed by atoms with Crippen molar-refractivity contribution in [3.8, 4) is 5.75 Å². The number of carbonyl (C=O) groups excluding carboxylic acids is 1. The van der Waals surface area contributed by atoms with Gasteiger partial charge in [0.15, 0.2) is 17.2 Å². The van der Waals surface area contributed by atoms with Crippen LogP contribution in [0.4, 0.5) is 5.82 Å². The lowest BCUT2D eigenvalue weighted by molar-refractivity contribution is 0.0528. The SMILES string of the molecule is CCOC(=O)c1cnn2cc3c(nc12)N[C@H](Cc1ccccc1)CO3. The molecular formula is C18H18N4O3. The van der Waals surface area contributed by atoms with Crippen LogP contribution in [0.25, 0.3) is 5.65 Å². The normalized spacial score (nSPS) is 16.0. The molecule has 0 saturated carbocycles. The molecule has 1 aliphatic heterocycles. The van der Waals surface area contributed by atoms with Gasteiger partial charge in [-0.05, 0) is 18.9 Å². The molecule has 7 heteroatoms. The summed E-state index contributed by atoms with van der Waals surface area (Å²) < 4.78 is 12.4. The number of anilines is 1. The van der Waals surface area contributed by atoms with Crippen molar-refractivity contribution in [2.45, 2.75) is 19.4 Å². The van der Waals surface area contributed by atoms with E-state index in [1.807, 2.05) is 18.2 Å². The fourth-order valence-electron chi connectivity index (χ4n) is 2.89. The average molecular weight is 338 g/mol. The predicted octanol–water partition coefficient (Wildman–Crippen LogP) is 2.32. The number of rotatable bonds is 4. The second-order valence-electron chi connectivity index (χ2n) is 5.84. The van der Waals surface area contributed by atoms with E-state index in [0.29, 0.717) is 36.0 Å². The first-order valence-electron chi connectivity index (χ1n) is 8.23. The zero-order chi connectivity index (χ0) is 17.2. The zero-order valence-electron chi connectivity index (χ0n) is 13.8. The van der Waals surface area contributed by atoms with Crippen LogP contribution in [0.2, 0.25) is 0 Å². The van der Waals surface area contributed by atoms with E-state index >= 15 is 0 Å². The molecule has 0 spiro atoms. The number of aromatic nitrogens is 3. The molecule has 4 rings (SSSR count). The van der Waals surface area contributed by atoms with Gasteiger partial charge in [0.25, 0.3) is 0 Å². The highest BCUT2D eigenvalue weighted by Gasteiger charge is 2.24. The molecule has 0 fully saturated rings. The fraction of sp³-hybridized carbons (Fsp3) is 0.278. The van der Waals surface area contributed by atoms with Gasteiger partial charge in [0.1, 0.15) is 12.2 Å². The molecule has 0 aliphatic carbocycles. The van der Waals surface area contributed by atoms with Crippen molar-refractivity contribution in [1.29, 1.82) is 0 Å². The van der Waals surface area contributed by atoms with Crippen molar-refractivity contribution in [1.82, 2.24) is 14.6 Å². The van der Waals surface area contributed by atoms with E-state index in [2.05, 4.69) is 27.5 Å². The summed E-state index contributed by atoms with van der Waals surface area (Å²) >= 11 is 0. The first kappa shape index (κ1) is 15.4. The Labute approximate surface area is 144 Å². The molecule has 7 nitrogen and oxygen atoms in total. The van der Waals surface area contributed by atoms with Gasteiger partial charge in [0.05, 0.1) is 25.0 Å². The average Bonchev–Trinajstić information content (AvgIpc) is 3.04. The number of hydrogen-bond acceptors (Lipinski definition) is 6. The molecule has 1 aliphatic rings. The lowest BCUT2D eigenvalue weighted by atomic mass is 10.1. The molecule has 2 aromatic heterocycles. The summed E-state index contributed by atoms with van der Waals surface area (Å²) in [6.07, 6.45) is 4.02. The van der Waals surface area contributed by atoms with Crippen molar-refractivity contribution in [2.24, 2.45) is 0 Å². The molecule has 0 amide bonds. The van der Waals surface area contributed by atoms with Crippen LogP contribution >= 0.6 is 0 Å². The summed E-state index contributed by atoms with van der Waals surface area (Å²) in [7, 11) is 0. The van der Waals surface area contributed by atoms with Gasteiger partial charge < -0.3 is 14.8 Å². The molecule has 3 heterocycles. The van der Waals surface area contributed by atoms with Crippen molar-refractivity contribution in [2.75, 3.05) is 18.5 Å². The Morgan fingerprint density at radius 2 is 2.24 bits per heavy atom. The van der Waals surface area contributed by atoms with Gasteiger partial charge in [0, 0.05) is 0 Å². The largest absolute Gasteiger partial charge is 0.486 e. The summed E-state index contributed by atoms with van der Waals surface area (Å²) in [5.74, 6) is 0.809. The Hall–Kier alpha value is -3.09. The number of esters is 1. The van der Waals surface area contributed by atoms with E-state index in [9.17, 15) is 4.79 Å². The maximum atomic E-state index is 12.0. The second-order valence-corrected chi connectivity index (χ2v) is 5.84. The van der Waals surface area contributed by atoms with Crippen LogP contribution < -0.4 is 10.1 Å². The third kappa shape index (κ3) is 3.00. The van der Waals surface area contributed by atoms with Crippen molar-refractivity contribution in [3.63, 3.8) is 0 Å². The van der Waals surface area contributed by atoms with Gasteiger partial charge in [-0.25, -0.2) is 14.3 Å². The quantitative estimate of drug-likeness (QED) is 0.736. The highest BCUT2D eigenvalue weighted by molar-refractivity contribution is 5.95. The summed E-state index contributed by atoms with van der Waals surface area (Å²) in [5.41, 5.74) is 2.02. The summed E-state index contributed by atoms with van der Waals surface area (Å²) in [4.78, 5) is 16.6. The van der Waals surface area contributed by atoms with Gasteiger partial charge in [0.2, 0.25) is 0 Å². The first-order valence-corrected chi connectivity index (χ1v) is 8.23. The number of nitrogens with one attached hydrogen (secondary N) is 1. The third-order valence-electron chi connectivity index (χ3n) is 4.06. The molecule has 0 saturated heterocycles. The standard InChI is InChI=1S/C18H18N4O3/c1-2-24-18(23)14-9-19-22-10-15-16(21-17(14)22)20-13(11-25-15)8-12-6-4-3-5-7-12/h3-7,9-10,13H,2,8,11H2,1H3,(H,20,21)/t13-/m1/s1. The van der Waals surface area contributed by atoms with E-state index < -0.39 is 5.97 Å². The molecule has 25 heavy (non-hydrogen) atoms. The number of carbonyl (C=O) groups is 1. The van der Waals surface area contributed by atoms with Crippen molar-refractivity contribution < 1.29 is 14.3 Å². The highest BCUT2D eigenvalue weighted by atomic mass is 16.5.